The summed E-state index contributed by atoms with van der Waals surface area (Å²) in [5.41, 5.74) is 2.63. The Labute approximate surface area is 118 Å². The van der Waals surface area contributed by atoms with Gasteiger partial charge in [0.15, 0.2) is 0 Å². The Balaban J connectivity index is 1.75. The van der Waals surface area contributed by atoms with Crippen LogP contribution in [0.3, 0.4) is 0 Å². The summed E-state index contributed by atoms with van der Waals surface area (Å²) in [5.74, 6) is 0.512. The third-order valence-corrected chi connectivity index (χ3v) is 5.17. The Morgan fingerprint density at radius 2 is 2.00 bits per heavy atom. The zero-order chi connectivity index (χ0) is 13.2. The molecule has 0 fully saturated rings. The zero-order valence-corrected chi connectivity index (χ0v) is 12.0. The standard InChI is InChI=1S/C17H18OS/c1-2-13-8-9-14(19-13)11-17(18)16-10-7-12-5-3-4-6-15(12)16/h3-6,8-9,16H,2,7,10-11H2,1H3. The van der Waals surface area contributed by atoms with Gasteiger partial charge in [-0.05, 0) is 42.5 Å². The van der Waals surface area contributed by atoms with Crippen molar-refractivity contribution in [3.63, 3.8) is 0 Å². The van der Waals surface area contributed by atoms with Crippen molar-refractivity contribution in [1.29, 1.82) is 0 Å². The Morgan fingerprint density at radius 3 is 2.79 bits per heavy atom. The number of fused-ring (bicyclic) bond motifs is 1. The summed E-state index contributed by atoms with van der Waals surface area (Å²) < 4.78 is 0. The van der Waals surface area contributed by atoms with E-state index in [-0.39, 0.29) is 5.92 Å². The summed E-state index contributed by atoms with van der Waals surface area (Å²) in [4.78, 5) is 15.1. The molecule has 2 heteroatoms. The van der Waals surface area contributed by atoms with Crippen molar-refractivity contribution in [1.82, 2.24) is 0 Å². The Hall–Kier alpha value is -1.41. The topological polar surface area (TPSA) is 17.1 Å². The van der Waals surface area contributed by atoms with Crippen molar-refractivity contribution in [3.8, 4) is 0 Å². The van der Waals surface area contributed by atoms with Crippen molar-refractivity contribution in [2.24, 2.45) is 0 Å². The van der Waals surface area contributed by atoms with Gasteiger partial charge in [0, 0.05) is 22.1 Å². The maximum Gasteiger partial charge on any atom is 0.145 e. The highest BCUT2D eigenvalue weighted by Crippen LogP contribution is 2.34. The van der Waals surface area contributed by atoms with Gasteiger partial charge in [0.1, 0.15) is 5.78 Å². The average molecular weight is 270 g/mol. The second kappa shape index (κ2) is 5.30. The maximum atomic E-state index is 12.5. The lowest BCUT2D eigenvalue weighted by molar-refractivity contribution is -0.119. The molecule has 98 valence electrons. The monoisotopic (exact) mass is 270 g/mol. The molecule has 1 unspecified atom stereocenters. The number of ketones is 1. The van der Waals surface area contributed by atoms with Crippen molar-refractivity contribution in [2.75, 3.05) is 0 Å². The summed E-state index contributed by atoms with van der Waals surface area (Å²) >= 11 is 1.78. The first-order valence-electron chi connectivity index (χ1n) is 6.96. The molecule has 1 aromatic heterocycles. The molecular weight excluding hydrogens is 252 g/mol. The molecule has 1 nitrogen and oxygen atoms in total. The summed E-state index contributed by atoms with van der Waals surface area (Å²) in [7, 11) is 0. The molecular formula is C17H18OS. The molecule has 2 aromatic rings. The van der Waals surface area contributed by atoms with E-state index < -0.39 is 0 Å². The van der Waals surface area contributed by atoms with Crippen LogP contribution in [0.4, 0.5) is 0 Å². The van der Waals surface area contributed by atoms with Crippen LogP contribution in [0.15, 0.2) is 36.4 Å². The van der Waals surface area contributed by atoms with E-state index in [1.54, 1.807) is 11.3 Å². The van der Waals surface area contributed by atoms with Gasteiger partial charge in [-0.3, -0.25) is 4.79 Å². The number of Topliss-reactive ketones (excluding diaryl/α,β-unsaturated/α-hetero) is 1. The van der Waals surface area contributed by atoms with Gasteiger partial charge in [-0.2, -0.15) is 0 Å². The van der Waals surface area contributed by atoms with E-state index in [0.29, 0.717) is 12.2 Å². The van der Waals surface area contributed by atoms with Gasteiger partial charge in [-0.25, -0.2) is 0 Å². The van der Waals surface area contributed by atoms with Crippen molar-refractivity contribution >= 4 is 17.1 Å². The molecule has 0 N–H and O–H groups in total. The quantitative estimate of drug-likeness (QED) is 0.815. The van der Waals surface area contributed by atoms with Crippen LogP contribution in [0.1, 0.15) is 40.1 Å². The van der Waals surface area contributed by atoms with Crippen LogP contribution >= 0.6 is 11.3 Å². The van der Waals surface area contributed by atoms with Gasteiger partial charge in [0.25, 0.3) is 0 Å². The highest BCUT2D eigenvalue weighted by molar-refractivity contribution is 7.12. The highest BCUT2D eigenvalue weighted by Gasteiger charge is 2.28. The van der Waals surface area contributed by atoms with Crippen LogP contribution in [-0.2, 0) is 24.1 Å². The minimum Gasteiger partial charge on any atom is -0.299 e. The molecule has 0 amide bonds. The van der Waals surface area contributed by atoms with E-state index >= 15 is 0 Å². The number of rotatable bonds is 4. The first-order chi connectivity index (χ1) is 9.28. The third kappa shape index (κ3) is 2.50. The predicted octanol–water partition coefficient (Wildman–Crippen LogP) is 4.15. The number of benzene rings is 1. The molecule has 0 bridgehead atoms. The SMILES string of the molecule is CCc1ccc(CC(=O)C2CCc3ccccc32)s1. The van der Waals surface area contributed by atoms with Gasteiger partial charge < -0.3 is 0 Å². The van der Waals surface area contributed by atoms with Gasteiger partial charge in [-0.15, -0.1) is 11.3 Å². The number of hydrogen-bond acceptors (Lipinski definition) is 2. The normalized spacial score (nSPS) is 17.4. The Morgan fingerprint density at radius 1 is 1.21 bits per heavy atom. The molecule has 0 aliphatic heterocycles. The Kier molecular flexibility index (Phi) is 3.52. The van der Waals surface area contributed by atoms with Gasteiger partial charge in [0.2, 0.25) is 0 Å². The molecule has 3 rings (SSSR count). The molecule has 1 aliphatic rings. The van der Waals surface area contributed by atoms with Crippen molar-refractivity contribution in [2.45, 2.75) is 38.5 Å². The minimum atomic E-state index is 0.128. The van der Waals surface area contributed by atoms with Crippen molar-refractivity contribution < 1.29 is 4.79 Å². The number of aryl methyl sites for hydroxylation is 2. The molecule has 1 aliphatic carbocycles. The second-order valence-electron chi connectivity index (χ2n) is 5.15. The average Bonchev–Trinajstić information content (AvgIpc) is 3.04. The van der Waals surface area contributed by atoms with E-state index in [0.717, 1.165) is 19.3 Å². The molecule has 0 saturated carbocycles. The second-order valence-corrected chi connectivity index (χ2v) is 6.41. The van der Waals surface area contributed by atoms with Gasteiger partial charge in [0.05, 0.1) is 0 Å². The summed E-state index contributed by atoms with van der Waals surface area (Å²) in [6.07, 6.45) is 3.70. The number of carbonyl (C=O) groups excluding carboxylic acids is 1. The number of hydrogen-bond donors (Lipinski definition) is 0. The van der Waals surface area contributed by atoms with Crippen LogP contribution < -0.4 is 0 Å². The predicted molar refractivity (Wildman–Crippen MR) is 79.9 cm³/mol. The number of thiophene rings is 1. The van der Waals surface area contributed by atoms with Gasteiger partial charge in [-0.1, -0.05) is 31.2 Å². The van der Waals surface area contributed by atoms with Crippen LogP contribution in [0.25, 0.3) is 0 Å². The van der Waals surface area contributed by atoms with Crippen LogP contribution in [0.5, 0.6) is 0 Å². The number of carbonyl (C=O) groups is 1. The van der Waals surface area contributed by atoms with E-state index in [4.69, 9.17) is 0 Å². The van der Waals surface area contributed by atoms with Crippen LogP contribution in [0, 0.1) is 0 Å². The third-order valence-electron chi connectivity index (χ3n) is 3.94. The summed E-state index contributed by atoms with van der Waals surface area (Å²) in [6.45, 7) is 2.16. The Bertz CT molecular complexity index is 597. The molecule has 0 radical (unpaired) electrons. The first kappa shape index (κ1) is 12.6. The lowest BCUT2D eigenvalue weighted by Crippen LogP contribution is -2.11. The summed E-state index contributed by atoms with van der Waals surface area (Å²) in [5, 5.41) is 0. The molecule has 1 aromatic carbocycles. The van der Waals surface area contributed by atoms with E-state index in [2.05, 4.69) is 37.3 Å². The molecule has 19 heavy (non-hydrogen) atoms. The summed E-state index contributed by atoms with van der Waals surface area (Å²) in [6, 6.07) is 12.7. The van der Waals surface area contributed by atoms with Crippen molar-refractivity contribution in [3.05, 3.63) is 57.3 Å². The molecule has 0 saturated heterocycles. The zero-order valence-electron chi connectivity index (χ0n) is 11.2. The van der Waals surface area contributed by atoms with E-state index in [1.807, 2.05) is 6.07 Å². The van der Waals surface area contributed by atoms with E-state index in [9.17, 15) is 4.79 Å². The van der Waals surface area contributed by atoms with Crippen LogP contribution in [0.2, 0.25) is 0 Å². The molecule has 1 heterocycles. The maximum absolute atomic E-state index is 12.5. The van der Waals surface area contributed by atoms with Crippen LogP contribution in [-0.4, -0.2) is 5.78 Å². The smallest absolute Gasteiger partial charge is 0.145 e. The van der Waals surface area contributed by atoms with Gasteiger partial charge >= 0.3 is 0 Å². The molecule has 1 atom stereocenters. The fourth-order valence-corrected chi connectivity index (χ4v) is 3.86. The van der Waals surface area contributed by atoms with E-state index in [1.165, 1.54) is 20.9 Å². The fraction of sp³-hybridized carbons (Fsp3) is 0.353. The first-order valence-corrected chi connectivity index (χ1v) is 7.77. The minimum absolute atomic E-state index is 0.128. The fourth-order valence-electron chi connectivity index (χ4n) is 2.89. The largest absolute Gasteiger partial charge is 0.299 e. The lowest BCUT2D eigenvalue weighted by atomic mass is 9.94. The highest BCUT2D eigenvalue weighted by atomic mass is 32.1. The molecule has 0 spiro atoms. The lowest BCUT2D eigenvalue weighted by Gasteiger charge is -2.09.